The Hall–Kier alpha value is -4.05. The zero-order chi connectivity index (χ0) is 24.7. The molecule has 0 unspecified atom stereocenters. The maximum atomic E-state index is 12.7. The van der Waals surface area contributed by atoms with Crippen molar-refractivity contribution >= 4 is 27.5 Å². The van der Waals surface area contributed by atoms with Gasteiger partial charge < -0.3 is 9.47 Å². The lowest BCUT2D eigenvalue weighted by Gasteiger charge is -2.12. The second kappa shape index (κ2) is 10.7. The number of hydrogen-bond acceptors (Lipinski definition) is 6. The van der Waals surface area contributed by atoms with Crippen LogP contribution in [0.1, 0.15) is 21.5 Å². The topological polar surface area (TPSA) is 123 Å². The molecule has 0 atom stereocenters. The molecule has 9 nitrogen and oxygen atoms in total. The van der Waals surface area contributed by atoms with Crippen molar-refractivity contribution in [1.29, 1.82) is 0 Å². The summed E-state index contributed by atoms with van der Waals surface area (Å²) in [5.41, 5.74) is 6.87. The van der Waals surface area contributed by atoms with Crippen LogP contribution in [0.3, 0.4) is 0 Å². The van der Waals surface area contributed by atoms with E-state index in [0.717, 1.165) is 11.1 Å². The van der Waals surface area contributed by atoms with Crippen LogP contribution in [-0.4, -0.2) is 33.9 Å². The van der Waals surface area contributed by atoms with Crippen LogP contribution in [0.4, 0.5) is 5.69 Å². The summed E-state index contributed by atoms with van der Waals surface area (Å²) in [6.45, 7) is 3.50. The number of sulfonamides is 1. The molecule has 3 N–H and O–H groups in total. The van der Waals surface area contributed by atoms with Gasteiger partial charge in [-0.25, -0.2) is 8.42 Å². The smallest absolute Gasteiger partial charge is 0.276 e. The molecule has 0 saturated carbocycles. The minimum atomic E-state index is -3.90. The maximum Gasteiger partial charge on any atom is 0.276 e. The summed E-state index contributed by atoms with van der Waals surface area (Å²) in [4.78, 5) is 24.3. The van der Waals surface area contributed by atoms with Gasteiger partial charge in [-0.05, 0) is 67.4 Å². The third-order valence-electron chi connectivity index (χ3n) is 4.80. The highest BCUT2D eigenvalue weighted by Crippen LogP contribution is 2.26. The van der Waals surface area contributed by atoms with Crippen LogP contribution in [0.5, 0.6) is 11.5 Å². The minimum absolute atomic E-state index is 0.0408. The summed E-state index contributed by atoms with van der Waals surface area (Å²) in [7, 11) is -2.46. The third kappa shape index (κ3) is 6.26. The standard InChI is InChI=1S/C24H25N3O6S/c1-16-8-9-17(2)22(14-16)33-15-23(28)25-26-24(29)18-10-12-19(13-11-18)34(30,31)27-20-6-4-5-7-21(20)32-3/h4-14,27H,15H2,1-3H3,(H,25,28)(H,26,29). The van der Waals surface area contributed by atoms with Gasteiger partial charge in [0, 0.05) is 5.56 Å². The molecular formula is C24H25N3O6S. The summed E-state index contributed by atoms with van der Waals surface area (Å²) < 4.78 is 38.4. The summed E-state index contributed by atoms with van der Waals surface area (Å²) in [5, 5.41) is 0. The molecule has 0 aliphatic rings. The van der Waals surface area contributed by atoms with E-state index in [1.165, 1.54) is 31.4 Å². The molecule has 3 aromatic carbocycles. The van der Waals surface area contributed by atoms with Crippen molar-refractivity contribution in [2.24, 2.45) is 0 Å². The Bertz CT molecular complexity index is 1290. The summed E-state index contributed by atoms with van der Waals surface area (Å²) in [6, 6.07) is 17.5. The molecule has 2 amide bonds. The third-order valence-corrected chi connectivity index (χ3v) is 6.18. The molecule has 0 aliphatic carbocycles. The molecule has 0 saturated heterocycles. The van der Waals surface area contributed by atoms with Crippen LogP contribution in [0.15, 0.2) is 71.6 Å². The molecule has 0 spiro atoms. The van der Waals surface area contributed by atoms with Crippen LogP contribution in [-0.2, 0) is 14.8 Å². The number of nitrogens with one attached hydrogen (secondary N) is 3. The van der Waals surface area contributed by atoms with Gasteiger partial charge in [0.05, 0.1) is 17.7 Å². The molecule has 34 heavy (non-hydrogen) atoms. The molecule has 178 valence electrons. The molecule has 0 heterocycles. The highest BCUT2D eigenvalue weighted by Gasteiger charge is 2.17. The van der Waals surface area contributed by atoms with E-state index in [1.54, 1.807) is 24.3 Å². The number of amides is 2. The van der Waals surface area contributed by atoms with Gasteiger partial charge in [0.15, 0.2) is 6.61 Å². The van der Waals surface area contributed by atoms with Gasteiger partial charge in [-0.3, -0.25) is 25.2 Å². The number of hydrazine groups is 1. The maximum absolute atomic E-state index is 12.7. The second-order valence-corrected chi connectivity index (χ2v) is 9.07. The van der Waals surface area contributed by atoms with Crippen LogP contribution >= 0.6 is 0 Å². The number of carbonyl (C=O) groups excluding carboxylic acids is 2. The van der Waals surface area contributed by atoms with Gasteiger partial charge in [0.2, 0.25) is 0 Å². The fraction of sp³-hybridized carbons (Fsp3) is 0.167. The van der Waals surface area contributed by atoms with Crippen molar-refractivity contribution in [3.8, 4) is 11.5 Å². The first kappa shape index (κ1) is 24.6. The molecular weight excluding hydrogens is 458 g/mol. The van der Waals surface area contributed by atoms with E-state index in [2.05, 4.69) is 15.6 Å². The molecule has 0 radical (unpaired) electrons. The number of anilines is 1. The highest BCUT2D eigenvalue weighted by atomic mass is 32.2. The average molecular weight is 484 g/mol. The monoisotopic (exact) mass is 483 g/mol. The van der Waals surface area contributed by atoms with Gasteiger partial charge in [-0.2, -0.15) is 0 Å². The Kier molecular flexibility index (Phi) is 7.75. The van der Waals surface area contributed by atoms with E-state index in [4.69, 9.17) is 9.47 Å². The molecule has 0 bridgehead atoms. The summed E-state index contributed by atoms with van der Waals surface area (Å²) in [5.74, 6) is -0.199. The predicted octanol–water partition coefficient (Wildman–Crippen LogP) is 2.95. The zero-order valence-electron chi connectivity index (χ0n) is 18.9. The van der Waals surface area contributed by atoms with Crippen LogP contribution in [0.25, 0.3) is 0 Å². The fourth-order valence-electron chi connectivity index (χ4n) is 2.96. The van der Waals surface area contributed by atoms with Crippen LogP contribution in [0, 0.1) is 13.8 Å². The quantitative estimate of drug-likeness (QED) is 0.424. The Labute approximate surface area is 198 Å². The Morgan fingerprint density at radius 3 is 2.29 bits per heavy atom. The molecule has 0 aliphatic heterocycles. The first-order valence-electron chi connectivity index (χ1n) is 10.2. The number of para-hydroxylation sites is 2. The van der Waals surface area contributed by atoms with E-state index >= 15 is 0 Å². The normalized spacial score (nSPS) is 10.8. The second-order valence-electron chi connectivity index (χ2n) is 7.39. The number of benzene rings is 3. The Morgan fingerprint density at radius 2 is 1.59 bits per heavy atom. The molecule has 3 rings (SSSR count). The Balaban J connectivity index is 1.56. The first-order valence-corrected chi connectivity index (χ1v) is 11.7. The van der Waals surface area contributed by atoms with Crippen molar-refractivity contribution in [1.82, 2.24) is 10.9 Å². The average Bonchev–Trinajstić information content (AvgIpc) is 2.83. The molecule has 0 fully saturated rings. The van der Waals surface area contributed by atoms with Crippen molar-refractivity contribution in [2.45, 2.75) is 18.7 Å². The Morgan fingerprint density at radius 1 is 0.882 bits per heavy atom. The van der Waals surface area contributed by atoms with Crippen LogP contribution < -0.4 is 25.0 Å². The number of rotatable bonds is 8. The van der Waals surface area contributed by atoms with E-state index in [0.29, 0.717) is 11.5 Å². The summed E-state index contributed by atoms with van der Waals surface area (Å²) >= 11 is 0. The van der Waals surface area contributed by atoms with E-state index < -0.39 is 21.8 Å². The predicted molar refractivity (Wildman–Crippen MR) is 127 cm³/mol. The lowest BCUT2D eigenvalue weighted by atomic mass is 10.1. The molecule has 3 aromatic rings. The SMILES string of the molecule is COc1ccccc1NS(=O)(=O)c1ccc(C(=O)NNC(=O)COc2cc(C)ccc2C)cc1. The lowest BCUT2D eigenvalue weighted by molar-refractivity contribution is -0.123. The van der Waals surface area contributed by atoms with Gasteiger partial charge in [0.25, 0.3) is 21.8 Å². The number of methoxy groups -OCH3 is 1. The minimum Gasteiger partial charge on any atom is -0.495 e. The van der Waals surface area contributed by atoms with Crippen molar-refractivity contribution in [2.75, 3.05) is 18.4 Å². The fourth-order valence-corrected chi connectivity index (χ4v) is 4.03. The van der Waals surface area contributed by atoms with E-state index in [-0.39, 0.29) is 22.8 Å². The van der Waals surface area contributed by atoms with Gasteiger partial charge in [-0.15, -0.1) is 0 Å². The highest BCUT2D eigenvalue weighted by molar-refractivity contribution is 7.92. The lowest BCUT2D eigenvalue weighted by Crippen LogP contribution is -2.43. The molecule has 0 aromatic heterocycles. The van der Waals surface area contributed by atoms with E-state index in [9.17, 15) is 18.0 Å². The van der Waals surface area contributed by atoms with Gasteiger partial charge in [-0.1, -0.05) is 24.3 Å². The van der Waals surface area contributed by atoms with Gasteiger partial charge in [0.1, 0.15) is 11.5 Å². The van der Waals surface area contributed by atoms with Crippen LogP contribution in [0.2, 0.25) is 0 Å². The largest absolute Gasteiger partial charge is 0.495 e. The number of ether oxygens (including phenoxy) is 2. The first-order chi connectivity index (χ1) is 16.2. The number of carbonyl (C=O) groups is 2. The number of hydrogen-bond donors (Lipinski definition) is 3. The summed E-state index contributed by atoms with van der Waals surface area (Å²) in [6.07, 6.45) is 0. The van der Waals surface area contributed by atoms with Crippen molar-refractivity contribution in [3.63, 3.8) is 0 Å². The number of aryl methyl sites for hydroxylation is 2. The van der Waals surface area contributed by atoms with Gasteiger partial charge >= 0.3 is 0 Å². The van der Waals surface area contributed by atoms with E-state index in [1.807, 2.05) is 32.0 Å². The van der Waals surface area contributed by atoms with Crippen molar-refractivity contribution < 1.29 is 27.5 Å². The van der Waals surface area contributed by atoms with Crippen molar-refractivity contribution in [3.05, 3.63) is 83.4 Å². The molecule has 10 heteroatoms. The zero-order valence-corrected chi connectivity index (χ0v) is 19.7.